The first-order chi connectivity index (χ1) is 16.0. The first-order valence-electron chi connectivity index (χ1n) is 11.7. The Kier molecular flexibility index (Phi) is 8.96. The van der Waals surface area contributed by atoms with Crippen molar-refractivity contribution < 1.29 is 9.59 Å². The van der Waals surface area contributed by atoms with Crippen molar-refractivity contribution in [2.45, 2.75) is 51.6 Å². The molecule has 3 aromatic carbocycles. The summed E-state index contributed by atoms with van der Waals surface area (Å²) < 4.78 is 0. The van der Waals surface area contributed by atoms with Crippen LogP contribution in [0.5, 0.6) is 0 Å². The van der Waals surface area contributed by atoms with Crippen molar-refractivity contribution in [3.63, 3.8) is 0 Å². The number of nitrogens with one attached hydrogen (secondary N) is 2. The molecule has 4 nitrogen and oxygen atoms in total. The molecule has 1 aliphatic carbocycles. The molecular formula is C29H34N2O2. The number of hydrogen-bond acceptors (Lipinski definition) is 3. The Labute approximate surface area is 197 Å². The summed E-state index contributed by atoms with van der Waals surface area (Å²) in [6.45, 7) is 4.03. The van der Waals surface area contributed by atoms with Crippen molar-refractivity contribution in [2.24, 2.45) is 0 Å². The van der Waals surface area contributed by atoms with Crippen molar-refractivity contribution >= 4 is 12.2 Å². The maximum absolute atomic E-state index is 11.8. The highest BCUT2D eigenvalue weighted by Crippen LogP contribution is 2.21. The quantitative estimate of drug-likeness (QED) is 0.529. The minimum absolute atomic E-state index is 0.0943. The van der Waals surface area contributed by atoms with Gasteiger partial charge >= 0.3 is 0 Å². The average molecular weight is 443 g/mol. The summed E-state index contributed by atoms with van der Waals surface area (Å²) in [6, 6.07) is 24.8. The van der Waals surface area contributed by atoms with E-state index in [9.17, 15) is 9.59 Å². The lowest BCUT2D eigenvalue weighted by Crippen LogP contribution is -2.46. The van der Waals surface area contributed by atoms with Gasteiger partial charge in [-0.3, -0.25) is 9.59 Å². The minimum atomic E-state index is -0.118. The van der Waals surface area contributed by atoms with E-state index in [-0.39, 0.29) is 18.0 Å². The Morgan fingerprint density at radius 3 is 2.15 bits per heavy atom. The fraction of sp³-hybridized carbons (Fsp3) is 0.310. The van der Waals surface area contributed by atoms with Gasteiger partial charge in [-0.05, 0) is 67.5 Å². The number of fused-ring (bicyclic) bond motifs is 1. The van der Waals surface area contributed by atoms with Gasteiger partial charge in [0.2, 0.25) is 5.91 Å². The van der Waals surface area contributed by atoms with Gasteiger partial charge in [-0.15, -0.1) is 0 Å². The number of likely N-dealkylation sites (N-methyl/N-ethyl adjacent to an activating group) is 1. The second-order valence-corrected chi connectivity index (χ2v) is 8.52. The summed E-state index contributed by atoms with van der Waals surface area (Å²) in [7, 11) is 1.81. The molecule has 0 heterocycles. The SMILES string of the molecule is CCc1ccc(-c2ccc(C=O)cc2)cc1.CNC(C)C(=O)NC1CCc2ccccc2C1. The van der Waals surface area contributed by atoms with E-state index in [1.807, 2.05) is 31.2 Å². The van der Waals surface area contributed by atoms with Crippen molar-refractivity contribution in [3.05, 3.63) is 95.1 Å². The van der Waals surface area contributed by atoms with Crippen LogP contribution < -0.4 is 10.6 Å². The van der Waals surface area contributed by atoms with E-state index in [2.05, 4.69) is 66.1 Å². The summed E-state index contributed by atoms with van der Waals surface area (Å²) >= 11 is 0. The van der Waals surface area contributed by atoms with Crippen LogP contribution in [-0.4, -0.2) is 31.3 Å². The minimum Gasteiger partial charge on any atom is -0.352 e. The zero-order valence-corrected chi connectivity index (χ0v) is 19.8. The Morgan fingerprint density at radius 2 is 1.58 bits per heavy atom. The number of amides is 1. The largest absolute Gasteiger partial charge is 0.352 e. The van der Waals surface area contributed by atoms with Crippen molar-refractivity contribution in [3.8, 4) is 11.1 Å². The van der Waals surface area contributed by atoms with Crippen LogP contribution in [0.2, 0.25) is 0 Å². The lowest BCUT2D eigenvalue weighted by atomic mass is 9.88. The van der Waals surface area contributed by atoms with Gasteiger partial charge in [-0.25, -0.2) is 0 Å². The molecule has 0 saturated heterocycles. The Hall–Kier alpha value is -3.24. The van der Waals surface area contributed by atoms with Crippen LogP contribution in [0.15, 0.2) is 72.8 Å². The first-order valence-corrected chi connectivity index (χ1v) is 11.7. The number of aldehydes is 1. The lowest BCUT2D eigenvalue weighted by Gasteiger charge is -2.26. The van der Waals surface area contributed by atoms with Gasteiger partial charge in [0.25, 0.3) is 0 Å². The molecule has 2 atom stereocenters. The fourth-order valence-electron chi connectivity index (χ4n) is 3.97. The van der Waals surface area contributed by atoms with Crippen LogP contribution in [-0.2, 0) is 24.1 Å². The zero-order valence-electron chi connectivity index (χ0n) is 19.8. The maximum atomic E-state index is 11.8. The maximum Gasteiger partial charge on any atom is 0.237 e. The van der Waals surface area contributed by atoms with Gasteiger partial charge in [-0.1, -0.05) is 79.7 Å². The molecule has 0 bridgehead atoms. The molecule has 4 heteroatoms. The van der Waals surface area contributed by atoms with E-state index in [0.717, 1.165) is 37.5 Å². The van der Waals surface area contributed by atoms with Gasteiger partial charge in [0.1, 0.15) is 6.29 Å². The average Bonchev–Trinajstić information content (AvgIpc) is 2.88. The van der Waals surface area contributed by atoms with Gasteiger partial charge in [0.15, 0.2) is 0 Å². The third-order valence-electron chi connectivity index (χ3n) is 6.26. The van der Waals surface area contributed by atoms with E-state index in [1.165, 1.54) is 22.3 Å². The second kappa shape index (κ2) is 12.1. The number of benzene rings is 3. The molecule has 0 aromatic heterocycles. The number of aryl methyl sites for hydroxylation is 2. The van der Waals surface area contributed by atoms with Crippen LogP contribution in [0, 0.1) is 0 Å². The van der Waals surface area contributed by atoms with E-state index in [4.69, 9.17) is 0 Å². The highest BCUT2D eigenvalue weighted by Gasteiger charge is 2.21. The number of carbonyl (C=O) groups is 2. The number of carbonyl (C=O) groups excluding carboxylic acids is 2. The van der Waals surface area contributed by atoms with Crippen LogP contribution in [0.3, 0.4) is 0 Å². The summed E-state index contributed by atoms with van der Waals surface area (Å²) in [5.41, 5.74) is 7.20. The second-order valence-electron chi connectivity index (χ2n) is 8.52. The lowest BCUT2D eigenvalue weighted by molar-refractivity contribution is -0.123. The van der Waals surface area contributed by atoms with Crippen LogP contribution in [0.25, 0.3) is 11.1 Å². The summed E-state index contributed by atoms with van der Waals surface area (Å²) in [4.78, 5) is 22.3. The van der Waals surface area contributed by atoms with Crippen molar-refractivity contribution in [1.29, 1.82) is 0 Å². The van der Waals surface area contributed by atoms with Gasteiger partial charge in [0, 0.05) is 11.6 Å². The molecule has 0 saturated carbocycles. The van der Waals surface area contributed by atoms with E-state index >= 15 is 0 Å². The molecule has 172 valence electrons. The number of hydrogen-bond donors (Lipinski definition) is 2. The van der Waals surface area contributed by atoms with E-state index in [1.54, 1.807) is 7.05 Å². The zero-order chi connectivity index (χ0) is 23.6. The Bertz CT molecular complexity index is 1040. The fourth-order valence-corrected chi connectivity index (χ4v) is 3.97. The highest BCUT2D eigenvalue weighted by atomic mass is 16.2. The van der Waals surface area contributed by atoms with Crippen LogP contribution >= 0.6 is 0 Å². The van der Waals surface area contributed by atoms with Crippen molar-refractivity contribution in [2.75, 3.05) is 7.05 Å². The molecular weight excluding hydrogens is 408 g/mol. The number of rotatable bonds is 6. The molecule has 1 aliphatic rings. The normalized spacial score (nSPS) is 15.4. The van der Waals surface area contributed by atoms with Gasteiger partial charge in [0.05, 0.1) is 6.04 Å². The summed E-state index contributed by atoms with van der Waals surface area (Å²) in [5.74, 6) is 0.0943. The van der Waals surface area contributed by atoms with Gasteiger partial charge < -0.3 is 10.6 Å². The third kappa shape index (κ3) is 6.87. The molecule has 0 fully saturated rings. The van der Waals surface area contributed by atoms with Crippen LogP contribution in [0.1, 0.15) is 47.3 Å². The third-order valence-corrected chi connectivity index (χ3v) is 6.26. The summed E-state index contributed by atoms with van der Waals surface area (Å²) in [5, 5.41) is 6.07. The van der Waals surface area contributed by atoms with Crippen molar-refractivity contribution in [1.82, 2.24) is 10.6 Å². The summed E-state index contributed by atoms with van der Waals surface area (Å²) in [6.07, 6.45) is 4.99. The first kappa shape index (κ1) is 24.4. The van der Waals surface area contributed by atoms with E-state index < -0.39 is 0 Å². The standard InChI is InChI=1S/C15H14O.C14H20N2O/c1-2-12-3-7-14(8-4-12)15-9-5-13(11-16)6-10-15;1-10(15-2)14(17)16-13-8-7-11-5-3-4-6-12(11)9-13/h3-11H,2H2,1H3;3-6,10,13,15H,7-9H2,1-2H3,(H,16,17). The molecule has 3 aromatic rings. The Balaban J connectivity index is 0.000000186. The molecule has 4 rings (SSSR count). The predicted molar refractivity (Wildman–Crippen MR) is 136 cm³/mol. The monoisotopic (exact) mass is 442 g/mol. The molecule has 1 amide bonds. The van der Waals surface area contributed by atoms with Crippen LogP contribution in [0.4, 0.5) is 0 Å². The predicted octanol–water partition coefficient (Wildman–Crippen LogP) is 5.00. The van der Waals surface area contributed by atoms with E-state index in [0.29, 0.717) is 5.56 Å². The van der Waals surface area contributed by atoms with Gasteiger partial charge in [-0.2, -0.15) is 0 Å². The topological polar surface area (TPSA) is 58.2 Å². The molecule has 33 heavy (non-hydrogen) atoms. The highest BCUT2D eigenvalue weighted by molar-refractivity contribution is 5.81. The molecule has 0 spiro atoms. The Morgan fingerprint density at radius 1 is 0.970 bits per heavy atom. The molecule has 2 N–H and O–H groups in total. The molecule has 2 unspecified atom stereocenters. The smallest absolute Gasteiger partial charge is 0.237 e. The molecule has 0 radical (unpaired) electrons. The molecule has 0 aliphatic heterocycles.